The first-order chi connectivity index (χ1) is 11.0. The quantitative estimate of drug-likeness (QED) is 0.535. The van der Waals surface area contributed by atoms with E-state index in [-0.39, 0.29) is 16.8 Å². The summed E-state index contributed by atoms with van der Waals surface area (Å²) >= 11 is 6.72. The molecule has 0 amide bonds. The van der Waals surface area contributed by atoms with Gasteiger partial charge in [0.25, 0.3) is 0 Å². The van der Waals surface area contributed by atoms with E-state index >= 15 is 0 Å². The van der Waals surface area contributed by atoms with Crippen molar-refractivity contribution in [2.24, 2.45) is 0 Å². The lowest BCUT2D eigenvalue weighted by molar-refractivity contribution is 0.104. The lowest BCUT2D eigenvalue weighted by Gasteiger charge is -1.99. The Balaban J connectivity index is 2.39. The van der Waals surface area contributed by atoms with Crippen molar-refractivity contribution in [3.63, 3.8) is 0 Å². The van der Waals surface area contributed by atoms with Crippen LogP contribution in [-0.2, 0) is 0 Å². The summed E-state index contributed by atoms with van der Waals surface area (Å²) in [6.45, 7) is 2.51. The molecule has 0 aliphatic rings. The summed E-state index contributed by atoms with van der Waals surface area (Å²) in [6, 6.07) is 12.5. The Morgan fingerprint density at radius 2 is 1.87 bits per heavy atom. The van der Waals surface area contributed by atoms with Gasteiger partial charge in [0.15, 0.2) is 5.78 Å². The molecule has 0 radical (unpaired) electrons. The zero-order valence-corrected chi connectivity index (χ0v) is 15.6. The van der Waals surface area contributed by atoms with Gasteiger partial charge in [-0.15, -0.1) is 0 Å². The number of ketones is 1. The number of carbonyl (C=O) groups is 1. The minimum atomic E-state index is -0.328. The molecule has 2 aromatic rings. The predicted octanol–water partition coefficient (Wildman–Crippen LogP) is 4.90. The topological polar surface area (TPSA) is 46.2 Å². The molecule has 118 valence electrons. The third kappa shape index (κ3) is 4.88. The van der Waals surface area contributed by atoms with Gasteiger partial charge >= 0.3 is 0 Å². The number of anilines is 1. The molecule has 5 heteroatoms. The summed E-state index contributed by atoms with van der Waals surface area (Å²) in [5.74, 6) is -0.328. The normalized spacial score (nSPS) is 10.7. The van der Waals surface area contributed by atoms with E-state index in [4.69, 9.17) is 0 Å². The standard InChI is InChI=1S/C18H15Br2NO2/c1-2-21-16-8-7-14(20)11-15(18(16)23)17(22)9-6-12-4-3-5-13(19)10-12/h3-11H,2H2,1H3,(H,21,23)/b9-6+. The van der Waals surface area contributed by atoms with Crippen LogP contribution in [0.5, 0.6) is 0 Å². The summed E-state index contributed by atoms with van der Waals surface area (Å²) in [4.78, 5) is 24.9. The molecule has 0 fully saturated rings. The van der Waals surface area contributed by atoms with Crippen LogP contribution in [0, 0.1) is 0 Å². The van der Waals surface area contributed by atoms with Crippen LogP contribution in [0.3, 0.4) is 0 Å². The van der Waals surface area contributed by atoms with Gasteiger partial charge in [0.1, 0.15) is 0 Å². The van der Waals surface area contributed by atoms with Gasteiger partial charge in [0, 0.05) is 15.5 Å². The Kier molecular flexibility index (Phi) is 6.30. The Morgan fingerprint density at radius 3 is 2.57 bits per heavy atom. The van der Waals surface area contributed by atoms with Crippen LogP contribution in [-0.4, -0.2) is 12.3 Å². The lowest BCUT2D eigenvalue weighted by atomic mass is 10.1. The van der Waals surface area contributed by atoms with Crippen molar-refractivity contribution < 1.29 is 4.79 Å². The van der Waals surface area contributed by atoms with Crippen LogP contribution >= 0.6 is 31.9 Å². The van der Waals surface area contributed by atoms with E-state index < -0.39 is 0 Å². The zero-order chi connectivity index (χ0) is 16.8. The van der Waals surface area contributed by atoms with Crippen LogP contribution in [0.4, 0.5) is 5.69 Å². The third-order valence-corrected chi connectivity index (χ3v) is 4.08. The van der Waals surface area contributed by atoms with E-state index in [0.29, 0.717) is 16.7 Å². The maximum absolute atomic E-state index is 12.5. The highest BCUT2D eigenvalue weighted by molar-refractivity contribution is 9.10. The Bertz CT molecular complexity index is 816. The van der Waals surface area contributed by atoms with Gasteiger partial charge in [0.05, 0.1) is 11.3 Å². The summed E-state index contributed by atoms with van der Waals surface area (Å²) in [5.41, 5.74) is 1.12. The summed E-state index contributed by atoms with van der Waals surface area (Å²) < 4.78 is 1.61. The molecule has 0 saturated carbocycles. The highest BCUT2D eigenvalue weighted by Gasteiger charge is 2.10. The van der Waals surface area contributed by atoms with Gasteiger partial charge in [-0.2, -0.15) is 0 Å². The highest BCUT2D eigenvalue weighted by Crippen LogP contribution is 2.15. The first kappa shape index (κ1) is 17.6. The Hall–Kier alpha value is -1.72. The largest absolute Gasteiger partial charge is 0.382 e. The third-order valence-electron chi connectivity index (χ3n) is 3.09. The van der Waals surface area contributed by atoms with Crippen molar-refractivity contribution in [1.82, 2.24) is 0 Å². The molecule has 0 aliphatic heterocycles. The van der Waals surface area contributed by atoms with Crippen LogP contribution < -0.4 is 10.7 Å². The SMILES string of the molecule is CCNc1ccc(Br)cc(C(=O)/C=C/c2cccc(Br)c2)c1=O. The van der Waals surface area contributed by atoms with Crippen molar-refractivity contribution in [2.75, 3.05) is 11.9 Å². The lowest BCUT2D eigenvalue weighted by Crippen LogP contribution is -2.15. The minimum Gasteiger partial charge on any atom is -0.382 e. The molecule has 23 heavy (non-hydrogen) atoms. The van der Waals surface area contributed by atoms with Crippen molar-refractivity contribution >= 4 is 49.4 Å². The maximum Gasteiger partial charge on any atom is 0.212 e. The van der Waals surface area contributed by atoms with Crippen LogP contribution in [0.25, 0.3) is 6.08 Å². The van der Waals surface area contributed by atoms with E-state index in [2.05, 4.69) is 37.2 Å². The number of hydrogen-bond acceptors (Lipinski definition) is 3. The highest BCUT2D eigenvalue weighted by atomic mass is 79.9. The van der Waals surface area contributed by atoms with Gasteiger partial charge in [-0.05, 0) is 48.9 Å². The molecular formula is C18H15Br2NO2. The number of benzene rings is 1. The van der Waals surface area contributed by atoms with Crippen LogP contribution in [0.15, 0.2) is 62.3 Å². The van der Waals surface area contributed by atoms with E-state index in [9.17, 15) is 9.59 Å². The van der Waals surface area contributed by atoms with Gasteiger partial charge in [0.2, 0.25) is 5.43 Å². The van der Waals surface area contributed by atoms with Crippen LogP contribution in [0.1, 0.15) is 22.8 Å². The van der Waals surface area contributed by atoms with Gasteiger partial charge in [-0.3, -0.25) is 9.59 Å². The average Bonchev–Trinajstić information content (AvgIpc) is 2.66. The second-order valence-corrected chi connectivity index (χ2v) is 6.63. The molecular weight excluding hydrogens is 422 g/mol. The molecule has 0 spiro atoms. The number of halogens is 2. The van der Waals surface area contributed by atoms with E-state index in [1.54, 1.807) is 24.3 Å². The molecule has 2 rings (SSSR count). The van der Waals surface area contributed by atoms with E-state index in [1.807, 2.05) is 31.2 Å². The molecule has 1 N–H and O–H groups in total. The molecule has 0 unspecified atom stereocenters. The molecule has 2 aromatic carbocycles. The fourth-order valence-electron chi connectivity index (χ4n) is 2.02. The summed E-state index contributed by atoms with van der Waals surface area (Å²) in [7, 11) is 0. The van der Waals surface area contributed by atoms with E-state index in [1.165, 1.54) is 6.08 Å². The monoisotopic (exact) mass is 435 g/mol. The second kappa shape index (κ2) is 8.22. The fourth-order valence-corrected chi connectivity index (χ4v) is 2.80. The number of nitrogens with one attached hydrogen (secondary N) is 1. The molecule has 0 saturated heterocycles. The summed E-state index contributed by atoms with van der Waals surface area (Å²) in [6.07, 6.45) is 3.11. The molecule has 3 nitrogen and oxygen atoms in total. The number of allylic oxidation sites excluding steroid dienone is 1. The predicted molar refractivity (Wildman–Crippen MR) is 102 cm³/mol. The smallest absolute Gasteiger partial charge is 0.212 e. The first-order valence-corrected chi connectivity index (χ1v) is 8.65. The molecule has 0 aliphatic carbocycles. The van der Waals surface area contributed by atoms with Gasteiger partial charge < -0.3 is 5.32 Å². The minimum absolute atomic E-state index is 0.129. The summed E-state index contributed by atoms with van der Waals surface area (Å²) in [5, 5.41) is 2.98. The Morgan fingerprint density at radius 1 is 1.13 bits per heavy atom. The number of hydrogen-bond donors (Lipinski definition) is 1. The zero-order valence-electron chi connectivity index (χ0n) is 12.5. The van der Waals surface area contributed by atoms with Crippen molar-refractivity contribution in [3.05, 3.63) is 78.8 Å². The number of carbonyl (C=O) groups excluding carboxylic acids is 1. The first-order valence-electron chi connectivity index (χ1n) is 7.07. The van der Waals surface area contributed by atoms with E-state index in [0.717, 1.165) is 10.0 Å². The second-order valence-electron chi connectivity index (χ2n) is 4.80. The van der Waals surface area contributed by atoms with Gasteiger partial charge in [-0.25, -0.2) is 0 Å². The van der Waals surface area contributed by atoms with Crippen molar-refractivity contribution in [3.8, 4) is 0 Å². The Labute approximate surface area is 151 Å². The van der Waals surface area contributed by atoms with Crippen molar-refractivity contribution in [1.29, 1.82) is 0 Å². The molecule has 0 heterocycles. The average molecular weight is 437 g/mol. The fraction of sp³-hybridized carbons (Fsp3) is 0.111. The van der Waals surface area contributed by atoms with Gasteiger partial charge in [-0.1, -0.05) is 50.1 Å². The van der Waals surface area contributed by atoms with Crippen LogP contribution in [0.2, 0.25) is 0 Å². The molecule has 0 bridgehead atoms. The number of rotatable bonds is 5. The maximum atomic E-state index is 12.5. The van der Waals surface area contributed by atoms with Crippen molar-refractivity contribution in [2.45, 2.75) is 6.92 Å². The molecule has 0 atom stereocenters. The molecule has 0 aromatic heterocycles.